The molecule has 9 nitrogen and oxygen atoms in total. The lowest BCUT2D eigenvalue weighted by Crippen LogP contribution is -2.28. The van der Waals surface area contributed by atoms with E-state index in [-0.39, 0.29) is 13.6 Å². The third-order valence-electron chi connectivity index (χ3n) is 5.03. The molecule has 0 radical (unpaired) electrons. The van der Waals surface area contributed by atoms with E-state index in [1.165, 1.54) is 5.39 Å². The van der Waals surface area contributed by atoms with Gasteiger partial charge >= 0.3 is 0 Å². The minimum Gasteiger partial charge on any atom is -0.454 e. The third-order valence-corrected chi connectivity index (χ3v) is 5.03. The van der Waals surface area contributed by atoms with Crippen LogP contribution in [0.15, 0.2) is 42.6 Å². The lowest BCUT2D eigenvalue weighted by Gasteiger charge is -2.08. The number of benzene rings is 3. The van der Waals surface area contributed by atoms with Crippen molar-refractivity contribution < 1.29 is 33.8 Å². The molecule has 0 unspecified atom stereocenters. The molecular weight excluding hydrogens is 380 g/mol. The van der Waals surface area contributed by atoms with Crippen molar-refractivity contribution in [3.8, 4) is 23.0 Å². The average Bonchev–Trinajstić information content (AvgIpc) is 3.34. The van der Waals surface area contributed by atoms with Crippen molar-refractivity contribution in [1.82, 2.24) is 0 Å². The molecule has 2 aliphatic heterocycles. The fourth-order valence-electron chi connectivity index (χ4n) is 3.91. The van der Waals surface area contributed by atoms with E-state index in [1.807, 2.05) is 12.1 Å². The average molecular weight is 395 g/mol. The predicted molar refractivity (Wildman–Crippen MR) is 101 cm³/mol. The second-order valence-electron chi connectivity index (χ2n) is 6.63. The quantitative estimate of drug-likeness (QED) is 0.211. The van der Waals surface area contributed by atoms with Crippen LogP contribution in [0.2, 0.25) is 0 Å². The Morgan fingerprint density at radius 3 is 2.34 bits per heavy atom. The Labute approximate surface area is 163 Å². The molecule has 0 spiro atoms. The van der Waals surface area contributed by atoms with Gasteiger partial charge in [-0.15, -0.1) is 10.1 Å². The number of hydrogen-bond donors (Lipinski definition) is 1. The van der Waals surface area contributed by atoms with Gasteiger partial charge in [-0.2, -0.15) is 4.57 Å². The Hall–Kier alpha value is -4.01. The standard InChI is InChI=1S/C20H14NO4.HNO3/c1-21-8-15-12(4-5-16-20(15)25-10-22-16)13-3-2-11-6-17-18(24-9-23-17)7-14(11)19(13)21;2-1(3)4/h2-8H,9-10H2,1H3;(H,2,3,4)/q+1;. The van der Waals surface area contributed by atoms with Crippen molar-refractivity contribution in [3.63, 3.8) is 0 Å². The number of rotatable bonds is 0. The van der Waals surface area contributed by atoms with Gasteiger partial charge in [0.2, 0.25) is 19.1 Å². The largest absolute Gasteiger partial charge is 0.454 e. The maximum atomic E-state index is 8.36. The molecule has 0 saturated heterocycles. The summed E-state index contributed by atoms with van der Waals surface area (Å²) in [6, 6.07) is 12.5. The highest BCUT2D eigenvalue weighted by Gasteiger charge is 2.24. The Balaban J connectivity index is 0.000000419. The van der Waals surface area contributed by atoms with Crippen LogP contribution in [0, 0.1) is 10.1 Å². The zero-order valence-corrected chi connectivity index (χ0v) is 15.2. The summed E-state index contributed by atoms with van der Waals surface area (Å²) in [7, 11) is 2.06. The van der Waals surface area contributed by atoms with Gasteiger partial charge in [-0.1, -0.05) is 6.07 Å². The van der Waals surface area contributed by atoms with Gasteiger partial charge in [0, 0.05) is 5.39 Å². The minimum atomic E-state index is -1.50. The van der Waals surface area contributed by atoms with Crippen molar-refractivity contribution in [2.45, 2.75) is 0 Å². The highest BCUT2D eigenvalue weighted by atomic mass is 16.9. The van der Waals surface area contributed by atoms with Gasteiger partial charge in [0.05, 0.1) is 16.2 Å². The molecule has 0 bridgehead atoms. The molecule has 146 valence electrons. The number of aryl methyl sites for hydroxylation is 1. The minimum absolute atomic E-state index is 0.275. The van der Waals surface area contributed by atoms with E-state index in [1.54, 1.807) is 0 Å². The summed E-state index contributed by atoms with van der Waals surface area (Å²) in [4.78, 5) is 8.36. The van der Waals surface area contributed by atoms with E-state index in [0.717, 1.165) is 50.1 Å². The van der Waals surface area contributed by atoms with Gasteiger partial charge in [-0.05, 0) is 35.7 Å². The lowest BCUT2D eigenvalue weighted by atomic mass is 10.00. The lowest BCUT2D eigenvalue weighted by molar-refractivity contribution is -0.742. The van der Waals surface area contributed by atoms with E-state index >= 15 is 0 Å². The normalized spacial score (nSPS) is 13.6. The van der Waals surface area contributed by atoms with E-state index in [9.17, 15) is 0 Å². The number of fused-ring (bicyclic) bond motifs is 8. The molecule has 0 saturated carbocycles. The summed E-state index contributed by atoms with van der Waals surface area (Å²) in [6.07, 6.45) is 2.11. The Morgan fingerprint density at radius 1 is 0.897 bits per heavy atom. The van der Waals surface area contributed by atoms with Gasteiger partial charge in [-0.25, -0.2) is 0 Å². The van der Waals surface area contributed by atoms with Gasteiger partial charge in [0.1, 0.15) is 7.05 Å². The second kappa shape index (κ2) is 6.26. The van der Waals surface area contributed by atoms with E-state index in [0.29, 0.717) is 0 Å². The van der Waals surface area contributed by atoms with Crippen LogP contribution in [-0.4, -0.2) is 23.9 Å². The first-order valence-electron chi connectivity index (χ1n) is 8.73. The van der Waals surface area contributed by atoms with Gasteiger partial charge < -0.3 is 24.2 Å². The highest BCUT2D eigenvalue weighted by Crippen LogP contribution is 2.42. The monoisotopic (exact) mass is 395 g/mol. The van der Waals surface area contributed by atoms with Crippen LogP contribution in [0.4, 0.5) is 0 Å². The smallest absolute Gasteiger partial charge is 0.291 e. The van der Waals surface area contributed by atoms with Crippen LogP contribution in [0.25, 0.3) is 32.4 Å². The summed E-state index contributed by atoms with van der Waals surface area (Å²) >= 11 is 0. The van der Waals surface area contributed by atoms with Crippen molar-refractivity contribution in [3.05, 3.63) is 52.7 Å². The predicted octanol–water partition coefficient (Wildman–Crippen LogP) is 3.08. The topological polar surface area (TPSA) is 104 Å². The summed E-state index contributed by atoms with van der Waals surface area (Å²) in [5.74, 6) is 3.22. The maximum absolute atomic E-state index is 8.36. The molecule has 3 heterocycles. The summed E-state index contributed by atoms with van der Waals surface area (Å²) in [5.41, 5.74) is 1.15. The molecule has 4 aromatic rings. The van der Waals surface area contributed by atoms with Gasteiger partial charge in [0.25, 0.3) is 5.09 Å². The van der Waals surface area contributed by atoms with Crippen molar-refractivity contribution in [1.29, 1.82) is 0 Å². The van der Waals surface area contributed by atoms with Crippen molar-refractivity contribution in [2.24, 2.45) is 7.05 Å². The summed E-state index contributed by atoms with van der Waals surface area (Å²) < 4.78 is 24.4. The Kier molecular flexibility index (Phi) is 3.70. The molecule has 3 aromatic carbocycles. The highest BCUT2D eigenvalue weighted by molar-refractivity contribution is 6.15. The first-order valence-corrected chi connectivity index (χ1v) is 8.73. The number of nitrogens with zero attached hydrogens (tertiary/aromatic N) is 2. The Bertz CT molecular complexity index is 1320. The second-order valence-corrected chi connectivity index (χ2v) is 6.63. The zero-order valence-electron chi connectivity index (χ0n) is 15.2. The first-order chi connectivity index (χ1) is 14.0. The molecule has 0 atom stereocenters. The van der Waals surface area contributed by atoms with Crippen LogP contribution in [0.5, 0.6) is 23.0 Å². The molecule has 6 rings (SSSR count). The molecule has 1 N–H and O–H groups in total. The Morgan fingerprint density at radius 2 is 1.55 bits per heavy atom. The zero-order chi connectivity index (χ0) is 20.1. The SMILES string of the molecule is C[n+]1cc2c3c(ccc2c2ccc4cc5c(cc4c21)OCO5)OCO3.O=[N+]([O-])O. The van der Waals surface area contributed by atoms with Crippen LogP contribution in [0.3, 0.4) is 0 Å². The van der Waals surface area contributed by atoms with Crippen LogP contribution in [0.1, 0.15) is 0 Å². The van der Waals surface area contributed by atoms with E-state index in [2.05, 4.69) is 42.1 Å². The fraction of sp³-hybridized carbons (Fsp3) is 0.150. The molecule has 0 amide bonds. The van der Waals surface area contributed by atoms with E-state index in [4.69, 9.17) is 34.3 Å². The van der Waals surface area contributed by atoms with Gasteiger partial charge in [-0.3, -0.25) is 0 Å². The summed E-state index contributed by atoms with van der Waals surface area (Å²) in [5, 5.41) is 19.3. The summed E-state index contributed by atoms with van der Waals surface area (Å²) in [6.45, 7) is 0.555. The van der Waals surface area contributed by atoms with E-state index < -0.39 is 5.09 Å². The number of aromatic nitrogens is 1. The van der Waals surface area contributed by atoms with Crippen molar-refractivity contribution in [2.75, 3.05) is 13.6 Å². The maximum Gasteiger partial charge on any atom is 0.291 e. The molecule has 9 heteroatoms. The molecule has 29 heavy (non-hydrogen) atoms. The third kappa shape index (κ3) is 2.66. The fourth-order valence-corrected chi connectivity index (χ4v) is 3.91. The number of ether oxygens (including phenoxy) is 4. The van der Waals surface area contributed by atoms with Crippen LogP contribution >= 0.6 is 0 Å². The van der Waals surface area contributed by atoms with Crippen molar-refractivity contribution >= 4 is 32.4 Å². The molecule has 0 aliphatic carbocycles. The van der Waals surface area contributed by atoms with Crippen LogP contribution in [-0.2, 0) is 7.05 Å². The molecule has 2 aliphatic rings. The first kappa shape index (κ1) is 17.1. The number of pyridine rings is 1. The van der Waals surface area contributed by atoms with Gasteiger partial charge in [0.15, 0.2) is 29.2 Å². The molecule has 1 aromatic heterocycles. The molecule has 0 fully saturated rings. The molecular formula is C20H15N2O7+. The number of hydrogen-bond acceptors (Lipinski definition) is 6. The van der Waals surface area contributed by atoms with Crippen LogP contribution < -0.4 is 23.5 Å².